The zero-order chi connectivity index (χ0) is 17.2. The fourth-order valence-corrected chi connectivity index (χ4v) is 2.41. The number of nitrogens with zero attached hydrogens (tertiary/aromatic N) is 3. The third-order valence-corrected chi connectivity index (χ3v) is 3.63. The van der Waals surface area contributed by atoms with Gasteiger partial charge in [-0.3, -0.25) is 4.99 Å². The number of hydrogen-bond donors (Lipinski definition) is 2. The molecule has 0 fully saturated rings. The SMILES string of the molecule is CCOCCCNC(=NC)N(C)Cc1ncc(-c2ccccc2)[nH]1. The van der Waals surface area contributed by atoms with Gasteiger partial charge in [0.2, 0.25) is 0 Å². The Hall–Kier alpha value is -2.34. The van der Waals surface area contributed by atoms with Crippen LogP contribution in [-0.4, -0.2) is 54.7 Å². The van der Waals surface area contributed by atoms with Gasteiger partial charge < -0.3 is 19.9 Å². The maximum atomic E-state index is 5.34. The predicted molar refractivity (Wildman–Crippen MR) is 98.0 cm³/mol. The Balaban J connectivity index is 1.86. The van der Waals surface area contributed by atoms with Gasteiger partial charge in [0.1, 0.15) is 5.82 Å². The van der Waals surface area contributed by atoms with Crippen LogP contribution in [0.5, 0.6) is 0 Å². The number of nitrogens with one attached hydrogen (secondary N) is 2. The summed E-state index contributed by atoms with van der Waals surface area (Å²) < 4.78 is 5.34. The number of rotatable bonds is 8. The molecule has 1 heterocycles. The molecule has 6 heteroatoms. The zero-order valence-electron chi connectivity index (χ0n) is 14.7. The summed E-state index contributed by atoms with van der Waals surface area (Å²) in [5.41, 5.74) is 2.16. The maximum absolute atomic E-state index is 5.34. The van der Waals surface area contributed by atoms with Crippen LogP contribution in [0.25, 0.3) is 11.3 Å². The van der Waals surface area contributed by atoms with Crippen LogP contribution >= 0.6 is 0 Å². The number of imidazole rings is 1. The molecule has 0 atom stereocenters. The molecule has 0 saturated heterocycles. The number of ether oxygens (including phenoxy) is 1. The Labute approximate surface area is 144 Å². The van der Waals surface area contributed by atoms with E-state index in [2.05, 4.69) is 32.4 Å². The average molecular weight is 329 g/mol. The molecule has 0 aliphatic rings. The standard InChI is InChI=1S/C18H27N5O/c1-4-24-12-8-11-20-18(19-2)23(3)14-17-21-13-16(22-17)15-9-6-5-7-10-15/h5-7,9-10,13H,4,8,11-12,14H2,1-3H3,(H,19,20)(H,21,22). The van der Waals surface area contributed by atoms with Crippen LogP contribution in [0.2, 0.25) is 0 Å². The lowest BCUT2D eigenvalue weighted by atomic mass is 10.2. The minimum atomic E-state index is 0.665. The molecule has 0 aliphatic carbocycles. The van der Waals surface area contributed by atoms with Crippen LogP contribution < -0.4 is 5.32 Å². The maximum Gasteiger partial charge on any atom is 0.193 e. The van der Waals surface area contributed by atoms with Crippen LogP contribution in [-0.2, 0) is 11.3 Å². The molecule has 130 valence electrons. The van der Waals surface area contributed by atoms with Crippen molar-refractivity contribution in [2.45, 2.75) is 19.9 Å². The van der Waals surface area contributed by atoms with Gasteiger partial charge in [0.05, 0.1) is 18.4 Å². The van der Waals surface area contributed by atoms with Crippen LogP contribution in [0.4, 0.5) is 0 Å². The summed E-state index contributed by atoms with van der Waals surface area (Å²) in [6.45, 7) is 5.04. The molecule has 1 aromatic carbocycles. The summed E-state index contributed by atoms with van der Waals surface area (Å²) in [5.74, 6) is 1.76. The summed E-state index contributed by atoms with van der Waals surface area (Å²) >= 11 is 0. The molecule has 0 amide bonds. The number of aliphatic imine (C=N–C) groups is 1. The summed E-state index contributed by atoms with van der Waals surface area (Å²) in [7, 11) is 3.79. The van der Waals surface area contributed by atoms with E-state index in [-0.39, 0.29) is 0 Å². The lowest BCUT2D eigenvalue weighted by Crippen LogP contribution is -2.39. The number of hydrogen-bond acceptors (Lipinski definition) is 3. The first kappa shape index (κ1) is 18.0. The molecule has 0 bridgehead atoms. The molecule has 2 aromatic rings. The van der Waals surface area contributed by atoms with Crippen molar-refractivity contribution < 1.29 is 4.74 Å². The van der Waals surface area contributed by atoms with Crippen molar-refractivity contribution >= 4 is 5.96 Å². The zero-order valence-corrected chi connectivity index (χ0v) is 14.7. The Morgan fingerprint density at radius 2 is 2.12 bits per heavy atom. The van der Waals surface area contributed by atoms with Gasteiger partial charge in [-0.05, 0) is 18.9 Å². The highest BCUT2D eigenvalue weighted by Gasteiger charge is 2.09. The van der Waals surface area contributed by atoms with Crippen molar-refractivity contribution in [3.05, 3.63) is 42.4 Å². The summed E-state index contributed by atoms with van der Waals surface area (Å²) in [6.07, 6.45) is 2.83. The monoisotopic (exact) mass is 329 g/mol. The van der Waals surface area contributed by atoms with Gasteiger partial charge >= 0.3 is 0 Å². The molecule has 2 N–H and O–H groups in total. The molecular formula is C18H27N5O. The lowest BCUT2D eigenvalue weighted by molar-refractivity contribution is 0.145. The predicted octanol–water partition coefficient (Wildman–Crippen LogP) is 2.51. The molecule has 0 radical (unpaired) electrons. The van der Waals surface area contributed by atoms with E-state index in [4.69, 9.17) is 4.74 Å². The van der Waals surface area contributed by atoms with Crippen LogP contribution in [0, 0.1) is 0 Å². The minimum absolute atomic E-state index is 0.665. The number of guanidine groups is 1. The molecule has 24 heavy (non-hydrogen) atoms. The first-order chi connectivity index (χ1) is 11.7. The third-order valence-electron chi connectivity index (χ3n) is 3.63. The lowest BCUT2D eigenvalue weighted by Gasteiger charge is -2.21. The topological polar surface area (TPSA) is 65.5 Å². The highest BCUT2D eigenvalue weighted by atomic mass is 16.5. The molecule has 2 rings (SSSR count). The number of aromatic nitrogens is 2. The second kappa shape index (κ2) is 9.72. The van der Waals surface area contributed by atoms with E-state index < -0.39 is 0 Å². The summed E-state index contributed by atoms with van der Waals surface area (Å²) in [5, 5.41) is 3.34. The summed E-state index contributed by atoms with van der Waals surface area (Å²) in [4.78, 5) is 14.2. The molecule has 0 aliphatic heterocycles. The Morgan fingerprint density at radius 3 is 2.83 bits per heavy atom. The van der Waals surface area contributed by atoms with Crippen molar-refractivity contribution in [2.24, 2.45) is 4.99 Å². The van der Waals surface area contributed by atoms with E-state index in [1.165, 1.54) is 0 Å². The van der Waals surface area contributed by atoms with Gasteiger partial charge in [-0.25, -0.2) is 4.98 Å². The average Bonchev–Trinajstić information content (AvgIpc) is 3.07. The van der Waals surface area contributed by atoms with E-state index in [1.807, 2.05) is 43.3 Å². The normalized spacial score (nSPS) is 11.5. The van der Waals surface area contributed by atoms with Gasteiger partial charge in [0, 0.05) is 33.9 Å². The molecule has 0 spiro atoms. The first-order valence-corrected chi connectivity index (χ1v) is 8.33. The second-order valence-electron chi connectivity index (χ2n) is 5.49. The van der Waals surface area contributed by atoms with Crippen LogP contribution in [0.3, 0.4) is 0 Å². The van der Waals surface area contributed by atoms with E-state index >= 15 is 0 Å². The van der Waals surface area contributed by atoms with Gasteiger partial charge in [0.25, 0.3) is 0 Å². The Bertz CT molecular complexity index is 623. The number of benzene rings is 1. The fourth-order valence-electron chi connectivity index (χ4n) is 2.41. The van der Waals surface area contributed by atoms with Gasteiger partial charge in [-0.1, -0.05) is 30.3 Å². The van der Waals surface area contributed by atoms with Crippen LogP contribution in [0.15, 0.2) is 41.5 Å². The quantitative estimate of drug-likeness (QED) is 0.444. The van der Waals surface area contributed by atoms with Gasteiger partial charge in [-0.2, -0.15) is 0 Å². The van der Waals surface area contributed by atoms with Crippen LogP contribution in [0.1, 0.15) is 19.2 Å². The van der Waals surface area contributed by atoms with E-state index in [0.717, 1.165) is 49.2 Å². The first-order valence-electron chi connectivity index (χ1n) is 8.33. The van der Waals surface area contributed by atoms with E-state index in [0.29, 0.717) is 6.54 Å². The van der Waals surface area contributed by atoms with E-state index in [1.54, 1.807) is 7.05 Å². The molecule has 6 nitrogen and oxygen atoms in total. The largest absolute Gasteiger partial charge is 0.382 e. The molecule has 0 unspecified atom stereocenters. The Morgan fingerprint density at radius 1 is 1.33 bits per heavy atom. The van der Waals surface area contributed by atoms with E-state index in [9.17, 15) is 0 Å². The number of aromatic amines is 1. The molecular weight excluding hydrogens is 302 g/mol. The van der Waals surface area contributed by atoms with Crippen molar-refractivity contribution in [1.29, 1.82) is 0 Å². The second-order valence-corrected chi connectivity index (χ2v) is 5.49. The minimum Gasteiger partial charge on any atom is -0.382 e. The summed E-state index contributed by atoms with van der Waals surface area (Å²) in [6, 6.07) is 10.2. The Kier molecular flexibility index (Phi) is 7.29. The molecule has 1 aromatic heterocycles. The van der Waals surface area contributed by atoms with Crippen molar-refractivity contribution in [3.63, 3.8) is 0 Å². The highest BCUT2D eigenvalue weighted by molar-refractivity contribution is 5.79. The molecule has 0 saturated carbocycles. The highest BCUT2D eigenvalue weighted by Crippen LogP contribution is 2.16. The van der Waals surface area contributed by atoms with Crippen molar-refractivity contribution in [1.82, 2.24) is 20.2 Å². The number of H-pyrrole nitrogens is 1. The fraction of sp³-hybridized carbons (Fsp3) is 0.444. The third kappa shape index (κ3) is 5.38. The van der Waals surface area contributed by atoms with Crippen molar-refractivity contribution in [3.8, 4) is 11.3 Å². The van der Waals surface area contributed by atoms with Crippen molar-refractivity contribution in [2.75, 3.05) is 33.9 Å². The smallest absolute Gasteiger partial charge is 0.193 e. The van der Waals surface area contributed by atoms with Gasteiger partial charge in [-0.15, -0.1) is 0 Å². The van der Waals surface area contributed by atoms with Gasteiger partial charge in [0.15, 0.2) is 5.96 Å².